The van der Waals surface area contributed by atoms with E-state index in [0.29, 0.717) is 11.6 Å². The first kappa shape index (κ1) is 28.2. The number of nitrogens with one attached hydrogen (secondary N) is 2. The predicted octanol–water partition coefficient (Wildman–Crippen LogP) is 7.40. The number of alkyl halides is 2. The van der Waals surface area contributed by atoms with Crippen LogP contribution in [0.1, 0.15) is 93.8 Å². The van der Waals surface area contributed by atoms with Gasteiger partial charge in [0.15, 0.2) is 0 Å². The molecule has 0 radical (unpaired) electrons. The quantitative estimate of drug-likeness (QED) is 0.388. The minimum Gasteiger partial charge on any atom is -0.363 e. The number of fused-ring (bicyclic) bond motifs is 2. The molecule has 1 saturated carbocycles. The standard InChI is InChI=1S/C32H40F2N6/c1-21-10-7-5-6-8-17-40-23(3)28(31(20-35)13-14-31)19-27-29(38-24(4)39-30(27)40)37-22(2)25-11-9-12-26(18-25)32(33,34)15-16-36-21/h9,11-12,18-19,21-22,36H,3,5-8,10,13-17H2,1-2,4H3,(H,37,38,39)/t21?,22-/m1/s1. The lowest BCUT2D eigenvalue weighted by Crippen LogP contribution is -2.32. The molecule has 1 unspecified atom stereocenters. The highest BCUT2D eigenvalue weighted by molar-refractivity contribution is 5.84. The summed E-state index contributed by atoms with van der Waals surface area (Å²) in [6.45, 7) is 11.4. The van der Waals surface area contributed by atoms with Crippen molar-refractivity contribution in [1.29, 1.82) is 5.26 Å². The van der Waals surface area contributed by atoms with Gasteiger partial charge in [-0.05, 0) is 69.7 Å². The highest BCUT2D eigenvalue weighted by atomic mass is 19.3. The maximum Gasteiger partial charge on any atom is 0.274 e. The van der Waals surface area contributed by atoms with Crippen molar-refractivity contribution < 1.29 is 8.78 Å². The van der Waals surface area contributed by atoms with Gasteiger partial charge in [0, 0.05) is 42.9 Å². The third-order valence-electron chi connectivity index (χ3n) is 8.56. The molecule has 0 amide bonds. The molecule has 40 heavy (non-hydrogen) atoms. The Balaban J connectivity index is 1.55. The van der Waals surface area contributed by atoms with Crippen LogP contribution in [0.15, 0.2) is 42.1 Å². The second kappa shape index (κ2) is 11.3. The summed E-state index contributed by atoms with van der Waals surface area (Å²) in [7, 11) is 0. The van der Waals surface area contributed by atoms with Gasteiger partial charge in [0.1, 0.15) is 17.5 Å². The van der Waals surface area contributed by atoms with E-state index in [4.69, 9.17) is 9.97 Å². The first-order chi connectivity index (χ1) is 19.1. The van der Waals surface area contributed by atoms with Gasteiger partial charge in [0.2, 0.25) is 0 Å². The second-order valence-corrected chi connectivity index (χ2v) is 11.7. The number of allylic oxidation sites excluding steroid dienone is 1. The van der Waals surface area contributed by atoms with Gasteiger partial charge in [0.05, 0.1) is 17.0 Å². The number of nitriles is 1. The smallest absolute Gasteiger partial charge is 0.274 e. The Kier molecular flexibility index (Phi) is 7.96. The highest BCUT2D eigenvalue weighted by Gasteiger charge is 2.49. The SMILES string of the molecule is C=C1C(C2(C#N)CC2)=Cc2c3nc(C)nc2N1CCCCCCC(C)NCCC(F)(F)c1cccc(c1)[C@@H](C)N3. The normalized spacial score (nSPS) is 24.8. The van der Waals surface area contributed by atoms with Crippen LogP contribution in [0.2, 0.25) is 0 Å². The Morgan fingerprint density at radius 3 is 2.62 bits per heavy atom. The van der Waals surface area contributed by atoms with Crippen LogP contribution in [0.25, 0.3) is 6.08 Å². The summed E-state index contributed by atoms with van der Waals surface area (Å²) in [4.78, 5) is 11.7. The van der Waals surface area contributed by atoms with Crippen LogP contribution in [-0.2, 0) is 5.92 Å². The molecule has 0 saturated heterocycles. The fourth-order valence-electron chi connectivity index (χ4n) is 5.86. The average molecular weight is 547 g/mol. The van der Waals surface area contributed by atoms with Crippen molar-refractivity contribution in [3.05, 3.63) is 64.6 Å². The van der Waals surface area contributed by atoms with E-state index in [2.05, 4.69) is 35.1 Å². The molecule has 1 aromatic heterocycles. The van der Waals surface area contributed by atoms with Crippen LogP contribution in [0.4, 0.5) is 20.4 Å². The number of aryl methyl sites for hydroxylation is 1. The van der Waals surface area contributed by atoms with Gasteiger partial charge in [-0.3, -0.25) is 0 Å². The molecule has 6 nitrogen and oxygen atoms in total. The van der Waals surface area contributed by atoms with E-state index in [1.54, 1.807) is 12.1 Å². The van der Waals surface area contributed by atoms with Crippen LogP contribution >= 0.6 is 0 Å². The van der Waals surface area contributed by atoms with Crippen LogP contribution in [0, 0.1) is 23.7 Å². The number of hydrogen-bond donors (Lipinski definition) is 2. The molecule has 1 fully saturated rings. The summed E-state index contributed by atoms with van der Waals surface area (Å²) in [5, 5.41) is 16.8. The third kappa shape index (κ3) is 5.76. The van der Waals surface area contributed by atoms with Crippen molar-refractivity contribution in [3.63, 3.8) is 0 Å². The Hall–Kier alpha value is -3.31. The third-order valence-corrected chi connectivity index (χ3v) is 8.56. The summed E-state index contributed by atoms with van der Waals surface area (Å²) in [5.74, 6) is -0.878. The van der Waals surface area contributed by atoms with Crippen LogP contribution in [0.3, 0.4) is 0 Å². The molecular weight excluding hydrogens is 506 g/mol. The molecule has 3 aliphatic rings. The molecule has 2 N–H and O–H groups in total. The molecule has 2 aliphatic heterocycles. The van der Waals surface area contributed by atoms with Gasteiger partial charge >= 0.3 is 0 Å². The first-order valence-corrected chi connectivity index (χ1v) is 14.6. The van der Waals surface area contributed by atoms with Crippen LogP contribution in [0.5, 0.6) is 0 Å². The van der Waals surface area contributed by atoms with Gasteiger partial charge in [0.25, 0.3) is 5.92 Å². The van der Waals surface area contributed by atoms with E-state index in [0.717, 1.165) is 79.7 Å². The zero-order valence-corrected chi connectivity index (χ0v) is 23.9. The van der Waals surface area contributed by atoms with Crippen molar-refractivity contribution in [2.75, 3.05) is 23.3 Å². The number of aromatic nitrogens is 2. The Bertz CT molecular complexity index is 1340. The maximum absolute atomic E-state index is 15.2. The Morgan fingerprint density at radius 2 is 1.88 bits per heavy atom. The monoisotopic (exact) mass is 546 g/mol. The molecule has 8 heteroatoms. The largest absolute Gasteiger partial charge is 0.363 e. The lowest BCUT2D eigenvalue weighted by atomic mass is 9.89. The van der Waals surface area contributed by atoms with E-state index in [9.17, 15) is 5.26 Å². The molecule has 2 aromatic rings. The Morgan fingerprint density at radius 1 is 1.10 bits per heavy atom. The van der Waals surface area contributed by atoms with Crippen LogP contribution < -0.4 is 15.5 Å². The Labute approximate surface area is 236 Å². The topological polar surface area (TPSA) is 76.9 Å². The van der Waals surface area contributed by atoms with Crippen molar-refractivity contribution in [1.82, 2.24) is 15.3 Å². The number of anilines is 2. The molecule has 3 heterocycles. The van der Waals surface area contributed by atoms with E-state index in [-0.39, 0.29) is 30.6 Å². The molecule has 1 aromatic carbocycles. The van der Waals surface area contributed by atoms with Crippen LogP contribution in [-0.4, -0.2) is 29.1 Å². The number of rotatable bonds is 1. The summed E-state index contributed by atoms with van der Waals surface area (Å²) < 4.78 is 30.4. The summed E-state index contributed by atoms with van der Waals surface area (Å²) in [6.07, 6.45) is 8.50. The molecule has 212 valence electrons. The zero-order chi connectivity index (χ0) is 28.5. The zero-order valence-electron chi connectivity index (χ0n) is 23.9. The summed E-state index contributed by atoms with van der Waals surface area (Å²) >= 11 is 0. The lowest BCUT2D eigenvalue weighted by molar-refractivity contribution is -0.0133. The molecule has 6 bridgehead atoms. The fraction of sp³-hybridized carbons (Fsp3) is 0.531. The van der Waals surface area contributed by atoms with E-state index < -0.39 is 11.3 Å². The summed E-state index contributed by atoms with van der Waals surface area (Å²) in [6, 6.07) is 9.13. The minimum atomic E-state index is -2.93. The van der Waals surface area contributed by atoms with Crippen molar-refractivity contribution >= 4 is 17.7 Å². The molecular formula is C32H40F2N6. The summed E-state index contributed by atoms with van der Waals surface area (Å²) in [5.41, 5.74) is 2.88. The van der Waals surface area contributed by atoms with Gasteiger partial charge in [-0.15, -0.1) is 0 Å². The van der Waals surface area contributed by atoms with E-state index >= 15 is 8.78 Å². The molecule has 2 atom stereocenters. The lowest BCUT2D eigenvalue weighted by Gasteiger charge is -2.35. The number of nitrogens with zero attached hydrogens (tertiary/aromatic N) is 4. The highest BCUT2D eigenvalue weighted by Crippen LogP contribution is 2.56. The minimum absolute atomic E-state index is 0.0257. The van der Waals surface area contributed by atoms with Crippen molar-refractivity contribution in [2.45, 2.75) is 90.1 Å². The number of halogens is 2. The van der Waals surface area contributed by atoms with Crippen molar-refractivity contribution in [3.8, 4) is 6.07 Å². The maximum atomic E-state index is 15.2. The van der Waals surface area contributed by atoms with Gasteiger partial charge in [-0.25, -0.2) is 18.7 Å². The molecule has 1 aliphatic carbocycles. The number of hydrogen-bond acceptors (Lipinski definition) is 6. The van der Waals surface area contributed by atoms with Crippen molar-refractivity contribution in [2.24, 2.45) is 5.41 Å². The van der Waals surface area contributed by atoms with Gasteiger partial charge in [-0.2, -0.15) is 5.26 Å². The fourth-order valence-corrected chi connectivity index (χ4v) is 5.86. The number of benzene rings is 1. The molecule has 5 rings (SSSR count). The predicted molar refractivity (Wildman–Crippen MR) is 156 cm³/mol. The first-order valence-electron chi connectivity index (χ1n) is 14.6. The molecule has 0 spiro atoms. The van der Waals surface area contributed by atoms with Gasteiger partial charge < -0.3 is 15.5 Å². The average Bonchev–Trinajstić information content (AvgIpc) is 3.72. The second-order valence-electron chi connectivity index (χ2n) is 11.7. The van der Waals surface area contributed by atoms with Gasteiger partial charge in [-0.1, -0.05) is 44.0 Å². The van der Waals surface area contributed by atoms with E-state index in [1.807, 2.05) is 26.0 Å². The van der Waals surface area contributed by atoms with E-state index in [1.165, 1.54) is 6.07 Å².